The van der Waals surface area contributed by atoms with Gasteiger partial charge in [-0.15, -0.1) is 0 Å². The van der Waals surface area contributed by atoms with Crippen LogP contribution >= 0.6 is 0 Å². The van der Waals surface area contributed by atoms with E-state index in [9.17, 15) is 14.4 Å². The van der Waals surface area contributed by atoms with Crippen LogP contribution in [-0.2, 0) is 25.5 Å². The standard InChI is InChI=1S/C18H25N5O5/c19-8-4-5-9-21-18(20)23-15(24)12(10-11-6-2-1-3-7-11)22-16(25)13-14(28-13)17(26)27/h1-3,6-7,12-14H,4-5,8-10,19H2,(H,22,25)(H,26,27)(H3,20,21,23,24)/t12-,13-,14-/m0/s1. The molecule has 10 heteroatoms. The molecule has 2 amide bonds. The SMILES string of the molecule is NCCCCN=C(N)NC(=O)[C@H](Cc1ccccc1)NC(=O)[C@H]1O[C@@H]1C(=O)O. The Morgan fingerprint density at radius 2 is 1.89 bits per heavy atom. The Morgan fingerprint density at radius 3 is 2.50 bits per heavy atom. The molecule has 0 spiro atoms. The fraction of sp³-hybridized carbons (Fsp3) is 0.444. The normalized spacial score (nSPS) is 19.5. The van der Waals surface area contributed by atoms with Crippen LogP contribution in [0.3, 0.4) is 0 Å². The average Bonchev–Trinajstić information content (AvgIpc) is 3.47. The number of epoxide rings is 1. The molecular formula is C18H25N5O5. The number of rotatable bonds is 10. The van der Waals surface area contributed by atoms with Gasteiger partial charge in [-0.25, -0.2) is 4.79 Å². The highest BCUT2D eigenvalue weighted by atomic mass is 16.6. The molecule has 0 aliphatic carbocycles. The molecule has 1 aliphatic heterocycles. The number of carboxylic acids is 1. The van der Waals surface area contributed by atoms with Crippen LogP contribution in [-0.4, -0.2) is 60.2 Å². The van der Waals surface area contributed by atoms with Crippen LogP contribution in [0, 0.1) is 0 Å². The minimum absolute atomic E-state index is 0.0552. The van der Waals surface area contributed by atoms with Gasteiger partial charge in [0.25, 0.3) is 5.91 Å². The number of benzene rings is 1. The molecular weight excluding hydrogens is 366 g/mol. The number of nitrogens with two attached hydrogens (primary N) is 2. The highest BCUT2D eigenvalue weighted by Gasteiger charge is 2.51. The van der Waals surface area contributed by atoms with Crippen LogP contribution in [0.1, 0.15) is 18.4 Å². The van der Waals surface area contributed by atoms with E-state index in [0.29, 0.717) is 13.1 Å². The van der Waals surface area contributed by atoms with E-state index in [1.54, 1.807) is 0 Å². The van der Waals surface area contributed by atoms with E-state index >= 15 is 0 Å². The van der Waals surface area contributed by atoms with Crippen molar-refractivity contribution >= 4 is 23.7 Å². The molecule has 152 valence electrons. The van der Waals surface area contributed by atoms with Crippen molar-refractivity contribution in [1.29, 1.82) is 0 Å². The Kier molecular flexibility index (Phi) is 7.90. The van der Waals surface area contributed by atoms with E-state index in [2.05, 4.69) is 15.6 Å². The highest BCUT2D eigenvalue weighted by Crippen LogP contribution is 2.22. The molecule has 0 aromatic heterocycles. The minimum Gasteiger partial charge on any atom is -0.479 e. The molecule has 1 aromatic rings. The topological polar surface area (TPSA) is 172 Å². The summed E-state index contributed by atoms with van der Waals surface area (Å²) < 4.78 is 4.83. The summed E-state index contributed by atoms with van der Waals surface area (Å²) in [5, 5.41) is 13.9. The number of aliphatic carboxylic acids is 1. The second kappa shape index (κ2) is 10.4. The van der Waals surface area contributed by atoms with E-state index in [1.165, 1.54) is 0 Å². The number of aliphatic imine (C=N–C) groups is 1. The van der Waals surface area contributed by atoms with Gasteiger partial charge >= 0.3 is 5.97 Å². The molecule has 0 saturated carbocycles. The fourth-order valence-corrected chi connectivity index (χ4v) is 2.52. The van der Waals surface area contributed by atoms with E-state index in [-0.39, 0.29) is 12.4 Å². The van der Waals surface area contributed by atoms with Gasteiger partial charge in [0.1, 0.15) is 6.04 Å². The van der Waals surface area contributed by atoms with Crippen LogP contribution in [0.2, 0.25) is 0 Å². The lowest BCUT2D eigenvalue weighted by molar-refractivity contribution is -0.138. The lowest BCUT2D eigenvalue weighted by Crippen LogP contribution is -2.52. The second-order valence-corrected chi connectivity index (χ2v) is 6.32. The molecule has 0 unspecified atom stereocenters. The first-order valence-electron chi connectivity index (χ1n) is 8.95. The van der Waals surface area contributed by atoms with E-state index < -0.39 is 36.0 Å². The summed E-state index contributed by atoms with van der Waals surface area (Å²) in [5.41, 5.74) is 11.9. The first-order chi connectivity index (χ1) is 13.4. The van der Waals surface area contributed by atoms with Crippen molar-refractivity contribution in [2.24, 2.45) is 16.5 Å². The number of ether oxygens (including phenoxy) is 1. The lowest BCUT2D eigenvalue weighted by atomic mass is 10.0. The van der Waals surface area contributed by atoms with Crippen molar-refractivity contribution < 1.29 is 24.2 Å². The first kappa shape index (κ1) is 21.3. The summed E-state index contributed by atoms with van der Waals surface area (Å²) in [5.74, 6) is -2.50. The zero-order valence-electron chi connectivity index (χ0n) is 15.3. The van der Waals surface area contributed by atoms with Gasteiger partial charge in [0.15, 0.2) is 18.2 Å². The molecule has 1 heterocycles. The van der Waals surface area contributed by atoms with Crippen molar-refractivity contribution in [3.8, 4) is 0 Å². The number of amides is 2. The number of unbranched alkanes of at least 4 members (excludes halogenated alkanes) is 1. The molecule has 10 nitrogen and oxygen atoms in total. The van der Waals surface area contributed by atoms with Gasteiger partial charge in [-0.3, -0.25) is 19.9 Å². The monoisotopic (exact) mass is 391 g/mol. The van der Waals surface area contributed by atoms with E-state index in [0.717, 1.165) is 18.4 Å². The average molecular weight is 391 g/mol. The Morgan fingerprint density at radius 1 is 1.18 bits per heavy atom. The summed E-state index contributed by atoms with van der Waals surface area (Å²) in [6.07, 6.45) is -0.555. The van der Waals surface area contributed by atoms with E-state index in [4.69, 9.17) is 21.3 Å². The van der Waals surface area contributed by atoms with Gasteiger partial charge in [0, 0.05) is 13.0 Å². The summed E-state index contributed by atoms with van der Waals surface area (Å²) in [7, 11) is 0. The number of hydrogen-bond donors (Lipinski definition) is 5. The Labute approximate surface area is 162 Å². The molecule has 7 N–H and O–H groups in total. The number of carbonyl (C=O) groups excluding carboxylic acids is 2. The number of nitrogens with zero attached hydrogens (tertiary/aromatic N) is 1. The maximum absolute atomic E-state index is 12.6. The maximum Gasteiger partial charge on any atom is 0.336 e. The molecule has 2 rings (SSSR count). The van der Waals surface area contributed by atoms with Gasteiger partial charge in [0.05, 0.1) is 0 Å². The highest BCUT2D eigenvalue weighted by molar-refractivity contribution is 6.01. The van der Waals surface area contributed by atoms with Crippen LogP contribution in [0.4, 0.5) is 0 Å². The van der Waals surface area contributed by atoms with Crippen molar-refractivity contribution in [3.05, 3.63) is 35.9 Å². The van der Waals surface area contributed by atoms with Gasteiger partial charge in [0.2, 0.25) is 5.91 Å². The van der Waals surface area contributed by atoms with Crippen LogP contribution in [0.25, 0.3) is 0 Å². The third kappa shape index (κ3) is 6.63. The number of carbonyl (C=O) groups is 3. The third-order valence-electron chi connectivity index (χ3n) is 4.05. The second-order valence-electron chi connectivity index (χ2n) is 6.32. The van der Waals surface area contributed by atoms with Gasteiger partial charge in [-0.2, -0.15) is 0 Å². The quantitative estimate of drug-likeness (QED) is 0.143. The largest absolute Gasteiger partial charge is 0.479 e. The predicted molar refractivity (Wildman–Crippen MR) is 101 cm³/mol. The van der Waals surface area contributed by atoms with Crippen molar-refractivity contribution in [1.82, 2.24) is 10.6 Å². The first-order valence-corrected chi connectivity index (χ1v) is 8.95. The maximum atomic E-state index is 12.6. The number of carboxylic acid groups (broad SMARTS) is 1. The van der Waals surface area contributed by atoms with Crippen LogP contribution in [0.15, 0.2) is 35.3 Å². The molecule has 1 aliphatic rings. The van der Waals surface area contributed by atoms with Gasteiger partial charge in [-0.1, -0.05) is 30.3 Å². The Hall–Kier alpha value is -2.98. The van der Waals surface area contributed by atoms with Crippen LogP contribution in [0.5, 0.6) is 0 Å². The third-order valence-corrected chi connectivity index (χ3v) is 4.05. The molecule has 3 atom stereocenters. The molecule has 28 heavy (non-hydrogen) atoms. The zero-order chi connectivity index (χ0) is 20.5. The van der Waals surface area contributed by atoms with Gasteiger partial charge in [-0.05, 0) is 24.9 Å². The molecule has 1 saturated heterocycles. The number of nitrogens with one attached hydrogen (secondary N) is 2. The number of guanidine groups is 1. The summed E-state index contributed by atoms with van der Waals surface area (Å²) in [6.45, 7) is 0.975. The minimum atomic E-state index is -1.22. The zero-order valence-corrected chi connectivity index (χ0v) is 15.3. The summed E-state index contributed by atoms with van der Waals surface area (Å²) >= 11 is 0. The van der Waals surface area contributed by atoms with Crippen LogP contribution < -0.4 is 22.1 Å². The van der Waals surface area contributed by atoms with Gasteiger partial charge < -0.3 is 26.6 Å². The Bertz CT molecular complexity index is 724. The lowest BCUT2D eigenvalue weighted by Gasteiger charge is -2.18. The van der Waals surface area contributed by atoms with E-state index in [1.807, 2.05) is 30.3 Å². The predicted octanol–water partition coefficient (Wildman–Crippen LogP) is -1.26. The summed E-state index contributed by atoms with van der Waals surface area (Å²) in [6, 6.07) is 8.10. The molecule has 0 radical (unpaired) electrons. The van der Waals surface area contributed by atoms with Crippen molar-refractivity contribution in [2.75, 3.05) is 13.1 Å². The van der Waals surface area contributed by atoms with Crippen molar-refractivity contribution in [2.45, 2.75) is 37.5 Å². The molecule has 1 fully saturated rings. The van der Waals surface area contributed by atoms with Crippen molar-refractivity contribution in [3.63, 3.8) is 0 Å². The Balaban J connectivity index is 1.99. The smallest absolute Gasteiger partial charge is 0.336 e. The molecule has 1 aromatic carbocycles. The number of hydrogen-bond acceptors (Lipinski definition) is 6. The fourth-order valence-electron chi connectivity index (χ4n) is 2.52. The summed E-state index contributed by atoms with van der Waals surface area (Å²) in [4.78, 5) is 39.7. The molecule has 0 bridgehead atoms.